The molecule has 2 aliphatic rings. The zero-order valence-corrected chi connectivity index (χ0v) is 17.0. The summed E-state index contributed by atoms with van der Waals surface area (Å²) in [4.78, 5) is 32.3. The minimum atomic E-state index is -0.657. The topological polar surface area (TPSA) is 81.2 Å². The third kappa shape index (κ3) is 3.22. The molecule has 3 heterocycles. The van der Waals surface area contributed by atoms with E-state index in [0.717, 1.165) is 20.7 Å². The molecule has 1 aromatic heterocycles. The third-order valence-electron chi connectivity index (χ3n) is 4.80. The fraction of sp³-hybridized carbons (Fsp3) is 0.263. The maximum Gasteiger partial charge on any atom is 0.390 e. The van der Waals surface area contributed by atoms with Gasteiger partial charge in [-0.25, -0.2) is 9.37 Å². The molecule has 1 fully saturated rings. The molecule has 1 N–H and O–H groups in total. The molecular weight excluding hydrogens is 426 g/mol. The van der Waals surface area contributed by atoms with Crippen molar-refractivity contribution in [1.29, 1.82) is 0 Å². The Balaban J connectivity index is 1.69. The maximum absolute atomic E-state index is 12.9. The molecular formula is C19H19BrN5O3+. The zero-order valence-electron chi connectivity index (χ0n) is 15.4. The zero-order chi connectivity index (χ0) is 19.8. The lowest BCUT2D eigenvalue weighted by atomic mass is 10.1. The summed E-state index contributed by atoms with van der Waals surface area (Å²) in [6.45, 7) is 0.886. The first-order valence-electron chi connectivity index (χ1n) is 8.74. The highest BCUT2D eigenvalue weighted by atomic mass is 79.9. The van der Waals surface area contributed by atoms with Crippen LogP contribution in [-0.4, -0.2) is 58.2 Å². The SMILES string of the molecule is CN1C(=O)C2C(=NC(NCc3ccco3)=[N+]2Cc2ccc(Br)cc2)N(C)C1=O. The summed E-state index contributed by atoms with van der Waals surface area (Å²) in [6.07, 6.45) is 1.60. The van der Waals surface area contributed by atoms with Crippen LogP contribution in [0.15, 0.2) is 56.5 Å². The van der Waals surface area contributed by atoms with E-state index in [1.165, 1.54) is 11.9 Å². The number of guanidine groups is 1. The molecule has 1 atom stereocenters. The van der Waals surface area contributed by atoms with Crippen LogP contribution in [0, 0.1) is 0 Å². The number of amides is 3. The van der Waals surface area contributed by atoms with Gasteiger partial charge in [-0.15, -0.1) is 0 Å². The Bertz CT molecular complexity index is 982. The van der Waals surface area contributed by atoms with Crippen molar-refractivity contribution in [2.24, 2.45) is 4.99 Å². The monoisotopic (exact) mass is 444 g/mol. The number of imide groups is 1. The van der Waals surface area contributed by atoms with Crippen LogP contribution in [0.25, 0.3) is 0 Å². The summed E-state index contributed by atoms with van der Waals surface area (Å²) < 4.78 is 8.23. The Morgan fingerprint density at radius 1 is 1.18 bits per heavy atom. The molecule has 0 spiro atoms. The van der Waals surface area contributed by atoms with Gasteiger partial charge in [0.05, 0.1) is 12.8 Å². The van der Waals surface area contributed by atoms with Crippen molar-refractivity contribution in [2.75, 3.05) is 14.1 Å². The Labute approximate surface area is 170 Å². The molecule has 0 saturated carbocycles. The summed E-state index contributed by atoms with van der Waals surface area (Å²) in [6, 6.07) is 10.5. The van der Waals surface area contributed by atoms with E-state index in [2.05, 4.69) is 26.2 Å². The molecule has 1 aromatic carbocycles. The molecule has 2 aliphatic heterocycles. The highest BCUT2D eigenvalue weighted by Gasteiger charge is 2.51. The van der Waals surface area contributed by atoms with Gasteiger partial charge in [-0.05, 0) is 29.8 Å². The second-order valence-corrected chi connectivity index (χ2v) is 7.54. The number of halogens is 1. The smallest absolute Gasteiger partial charge is 0.390 e. The van der Waals surface area contributed by atoms with Crippen LogP contribution in [-0.2, 0) is 17.9 Å². The molecule has 28 heavy (non-hydrogen) atoms. The Hall–Kier alpha value is -2.94. The first kappa shape index (κ1) is 18.4. The summed E-state index contributed by atoms with van der Waals surface area (Å²) in [5.41, 5.74) is 1.02. The van der Waals surface area contributed by atoms with Crippen molar-refractivity contribution in [3.8, 4) is 0 Å². The van der Waals surface area contributed by atoms with Crippen LogP contribution < -0.4 is 5.32 Å². The number of carbonyl (C=O) groups is 2. The predicted molar refractivity (Wildman–Crippen MR) is 106 cm³/mol. The van der Waals surface area contributed by atoms with Gasteiger partial charge in [0.15, 0.2) is 0 Å². The maximum atomic E-state index is 12.9. The number of nitrogens with zero attached hydrogens (tertiary/aromatic N) is 4. The summed E-state index contributed by atoms with van der Waals surface area (Å²) in [5, 5.41) is 3.24. The lowest BCUT2D eigenvalue weighted by Crippen LogP contribution is -2.61. The van der Waals surface area contributed by atoms with Crippen LogP contribution in [0.5, 0.6) is 0 Å². The normalized spacial score (nSPS) is 19.2. The van der Waals surface area contributed by atoms with E-state index in [1.807, 2.05) is 41.0 Å². The van der Waals surface area contributed by atoms with Crippen LogP contribution in [0.3, 0.4) is 0 Å². The number of amidine groups is 1. The van der Waals surface area contributed by atoms with Crippen LogP contribution in [0.2, 0.25) is 0 Å². The number of hydrogen-bond acceptors (Lipinski definition) is 5. The lowest BCUT2D eigenvalue weighted by Gasteiger charge is -2.31. The summed E-state index contributed by atoms with van der Waals surface area (Å²) in [5.74, 6) is 1.41. The molecule has 2 aromatic rings. The number of rotatable bonds is 4. The van der Waals surface area contributed by atoms with Gasteiger partial charge in [-0.3, -0.25) is 19.9 Å². The van der Waals surface area contributed by atoms with Gasteiger partial charge in [0.2, 0.25) is 11.9 Å². The highest BCUT2D eigenvalue weighted by molar-refractivity contribution is 9.10. The summed E-state index contributed by atoms with van der Waals surface area (Å²) in [7, 11) is 3.12. The van der Waals surface area contributed by atoms with E-state index in [0.29, 0.717) is 24.9 Å². The standard InChI is InChI=1S/C19H18BrN5O3/c1-23-16-15(17(26)24(2)19(23)27)25(11-12-5-7-13(20)8-6-12)18(22-16)21-10-14-4-3-9-28-14/h3-9,15H,10-11H2,1-2H3/p+1. The van der Waals surface area contributed by atoms with Gasteiger partial charge in [0.1, 0.15) is 12.3 Å². The number of hydrogen-bond donors (Lipinski definition) is 1. The van der Waals surface area contributed by atoms with Crippen molar-refractivity contribution in [2.45, 2.75) is 19.1 Å². The minimum Gasteiger partial charge on any atom is -0.466 e. The van der Waals surface area contributed by atoms with Gasteiger partial charge in [0, 0.05) is 18.6 Å². The van der Waals surface area contributed by atoms with Crippen molar-refractivity contribution in [3.05, 3.63) is 58.5 Å². The second kappa shape index (κ2) is 7.23. The van der Waals surface area contributed by atoms with Gasteiger partial charge in [-0.1, -0.05) is 33.1 Å². The number of aliphatic imine (C=N–C) groups is 1. The molecule has 0 bridgehead atoms. The van der Waals surface area contributed by atoms with Gasteiger partial charge >= 0.3 is 12.0 Å². The van der Waals surface area contributed by atoms with Crippen LogP contribution in [0.1, 0.15) is 11.3 Å². The van der Waals surface area contributed by atoms with E-state index in [-0.39, 0.29) is 5.91 Å². The molecule has 4 rings (SSSR count). The Morgan fingerprint density at radius 3 is 2.61 bits per heavy atom. The number of furan rings is 1. The molecule has 1 saturated heterocycles. The van der Waals surface area contributed by atoms with Crippen molar-refractivity contribution >= 4 is 39.7 Å². The molecule has 0 aliphatic carbocycles. The fourth-order valence-electron chi connectivity index (χ4n) is 3.27. The minimum absolute atomic E-state index is 0.297. The van der Waals surface area contributed by atoms with Gasteiger partial charge in [0.25, 0.3) is 5.91 Å². The largest absolute Gasteiger partial charge is 0.466 e. The fourth-order valence-corrected chi connectivity index (χ4v) is 3.54. The molecule has 3 amide bonds. The third-order valence-corrected chi connectivity index (χ3v) is 5.33. The van der Waals surface area contributed by atoms with Crippen molar-refractivity contribution in [1.82, 2.24) is 15.1 Å². The van der Waals surface area contributed by atoms with Crippen molar-refractivity contribution in [3.63, 3.8) is 0 Å². The van der Waals surface area contributed by atoms with Crippen LogP contribution in [0.4, 0.5) is 4.79 Å². The number of benzene rings is 1. The molecule has 9 heteroatoms. The average Bonchev–Trinajstić information content (AvgIpc) is 3.33. The lowest BCUT2D eigenvalue weighted by molar-refractivity contribution is -0.553. The van der Waals surface area contributed by atoms with E-state index < -0.39 is 12.1 Å². The Morgan fingerprint density at radius 2 is 1.93 bits per heavy atom. The van der Waals surface area contributed by atoms with Crippen molar-refractivity contribution < 1.29 is 18.6 Å². The molecule has 8 nitrogen and oxygen atoms in total. The molecule has 0 radical (unpaired) electrons. The van der Waals surface area contributed by atoms with Crippen LogP contribution >= 0.6 is 15.9 Å². The number of fused-ring (bicyclic) bond motifs is 1. The van der Waals surface area contributed by atoms with Gasteiger partial charge in [-0.2, -0.15) is 0 Å². The van der Waals surface area contributed by atoms with E-state index in [4.69, 9.17) is 4.42 Å². The first-order chi connectivity index (χ1) is 13.5. The second-order valence-electron chi connectivity index (χ2n) is 6.62. The van der Waals surface area contributed by atoms with E-state index in [9.17, 15) is 9.59 Å². The first-order valence-corrected chi connectivity index (χ1v) is 9.53. The van der Waals surface area contributed by atoms with Gasteiger partial charge < -0.3 is 4.42 Å². The number of nitrogens with one attached hydrogen (secondary N) is 1. The van der Waals surface area contributed by atoms with E-state index in [1.54, 1.807) is 13.3 Å². The molecule has 1 unspecified atom stereocenters. The molecule has 144 valence electrons. The Kier molecular flexibility index (Phi) is 4.76. The number of urea groups is 1. The predicted octanol–water partition coefficient (Wildman–Crippen LogP) is 2.00. The average molecular weight is 445 g/mol. The highest BCUT2D eigenvalue weighted by Crippen LogP contribution is 2.21. The summed E-state index contributed by atoms with van der Waals surface area (Å²) >= 11 is 3.44. The number of carbonyl (C=O) groups excluding carboxylic acids is 2. The van der Waals surface area contributed by atoms with E-state index >= 15 is 0 Å². The number of likely N-dealkylation sites (N-methyl/N-ethyl adjacent to an activating group) is 2. The quantitative estimate of drug-likeness (QED) is 0.731.